The van der Waals surface area contributed by atoms with Crippen molar-refractivity contribution >= 4 is 16.9 Å². The van der Waals surface area contributed by atoms with Crippen LogP contribution in [0.4, 0.5) is 0 Å². The van der Waals surface area contributed by atoms with Crippen LogP contribution in [0.15, 0.2) is 42.5 Å². The van der Waals surface area contributed by atoms with Crippen LogP contribution in [0, 0.1) is 13.8 Å². The summed E-state index contributed by atoms with van der Waals surface area (Å²) in [4.78, 5) is 18.9. The van der Waals surface area contributed by atoms with Crippen LogP contribution in [0.3, 0.4) is 0 Å². The van der Waals surface area contributed by atoms with Crippen molar-refractivity contribution in [3.8, 4) is 0 Å². The van der Waals surface area contributed by atoms with E-state index in [2.05, 4.69) is 26.0 Å². The van der Waals surface area contributed by atoms with Gasteiger partial charge in [-0.05, 0) is 49.6 Å². The number of likely N-dealkylation sites (N-methyl/N-ethyl adjacent to an activating group) is 1. The van der Waals surface area contributed by atoms with E-state index in [-0.39, 0.29) is 11.8 Å². The van der Waals surface area contributed by atoms with Gasteiger partial charge in [0.1, 0.15) is 12.6 Å². The van der Waals surface area contributed by atoms with Crippen LogP contribution in [0.1, 0.15) is 35.4 Å². The number of rotatable bonds is 6. The summed E-state index contributed by atoms with van der Waals surface area (Å²) in [7, 11) is 3.54. The molecular formula is C22H27N3O2. The highest BCUT2D eigenvalue weighted by atomic mass is 16.5. The number of nitrogens with zero attached hydrogens (tertiary/aromatic N) is 3. The van der Waals surface area contributed by atoms with Crippen LogP contribution in [0.5, 0.6) is 0 Å². The third kappa shape index (κ3) is 4.03. The Labute approximate surface area is 160 Å². The minimum Gasteiger partial charge on any atom is -0.356 e. The van der Waals surface area contributed by atoms with Crippen molar-refractivity contribution in [1.29, 1.82) is 0 Å². The van der Waals surface area contributed by atoms with Crippen LogP contribution < -0.4 is 0 Å². The van der Waals surface area contributed by atoms with Crippen LogP contribution >= 0.6 is 0 Å². The van der Waals surface area contributed by atoms with Gasteiger partial charge in [-0.15, -0.1) is 0 Å². The lowest BCUT2D eigenvalue weighted by Crippen LogP contribution is -2.28. The molecular weight excluding hydrogens is 338 g/mol. The van der Waals surface area contributed by atoms with Gasteiger partial charge in [0.15, 0.2) is 0 Å². The summed E-state index contributed by atoms with van der Waals surface area (Å²) in [5, 5.41) is 0. The largest absolute Gasteiger partial charge is 0.356 e. The molecule has 0 N–H and O–H groups in total. The number of carbonyl (C=O) groups is 1. The number of carbonyl (C=O) groups excluding carboxylic acids is 1. The summed E-state index contributed by atoms with van der Waals surface area (Å²) in [6, 6.07) is 14.3. The number of benzene rings is 2. The second kappa shape index (κ2) is 7.92. The molecule has 5 nitrogen and oxygen atoms in total. The van der Waals surface area contributed by atoms with E-state index in [0.29, 0.717) is 13.3 Å². The van der Waals surface area contributed by atoms with E-state index in [0.717, 1.165) is 22.4 Å². The van der Waals surface area contributed by atoms with Gasteiger partial charge in [-0.1, -0.05) is 30.3 Å². The van der Waals surface area contributed by atoms with Gasteiger partial charge < -0.3 is 14.2 Å². The van der Waals surface area contributed by atoms with Gasteiger partial charge in [0.05, 0.1) is 23.6 Å². The molecule has 2 aromatic carbocycles. The molecule has 1 aromatic heterocycles. The first kappa shape index (κ1) is 19.1. The van der Waals surface area contributed by atoms with Gasteiger partial charge in [-0.3, -0.25) is 4.79 Å². The summed E-state index contributed by atoms with van der Waals surface area (Å²) >= 11 is 0. The van der Waals surface area contributed by atoms with Gasteiger partial charge >= 0.3 is 0 Å². The van der Waals surface area contributed by atoms with E-state index in [4.69, 9.17) is 9.72 Å². The molecule has 3 aromatic rings. The van der Waals surface area contributed by atoms with Crippen molar-refractivity contribution in [3.63, 3.8) is 0 Å². The number of aromatic nitrogens is 2. The summed E-state index contributed by atoms with van der Waals surface area (Å²) in [6.07, 6.45) is 0. The molecule has 0 aliphatic carbocycles. The van der Waals surface area contributed by atoms with E-state index in [1.54, 1.807) is 19.0 Å². The predicted molar refractivity (Wildman–Crippen MR) is 108 cm³/mol. The third-order valence-corrected chi connectivity index (χ3v) is 4.92. The number of fused-ring (bicyclic) bond motifs is 1. The van der Waals surface area contributed by atoms with Gasteiger partial charge in [0.25, 0.3) is 0 Å². The number of aryl methyl sites for hydroxylation is 2. The molecule has 1 unspecified atom stereocenters. The number of imidazole rings is 1. The summed E-state index contributed by atoms with van der Waals surface area (Å²) in [5.74, 6) is 0.429. The smallest absolute Gasteiger partial charge is 0.232 e. The first-order valence-electron chi connectivity index (χ1n) is 9.18. The predicted octanol–water partition coefficient (Wildman–Crippen LogP) is 4.02. The minimum atomic E-state index is -0.340. The number of hydrogen-bond acceptors (Lipinski definition) is 3. The molecule has 0 saturated carbocycles. The second-order valence-corrected chi connectivity index (χ2v) is 7.24. The Balaban J connectivity index is 1.95. The zero-order valence-corrected chi connectivity index (χ0v) is 16.7. The van der Waals surface area contributed by atoms with Gasteiger partial charge in [-0.25, -0.2) is 4.98 Å². The van der Waals surface area contributed by atoms with Gasteiger partial charge in [0.2, 0.25) is 5.91 Å². The van der Waals surface area contributed by atoms with E-state index < -0.39 is 0 Å². The molecule has 1 amide bonds. The van der Waals surface area contributed by atoms with Crippen molar-refractivity contribution in [1.82, 2.24) is 14.5 Å². The molecule has 0 aliphatic heterocycles. The first-order valence-corrected chi connectivity index (χ1v) is 9.18. The number of ether oxygens (including phenoxy) is 1. The first-order chi connectivity index (χ1) is 12.9. The fourth-order valence-corrected chi connectivity index (χ4v) is 3.19. The highest BCUT2D eigenvalue weighted by Crippen LogP contribution is 2.26. The van der Waals surface area contributed by atoms with E-state index in [9.17, 15) is 4.79 Å². The molecule has 5 heteroatoms. The van der Waals surface area contributed by atoms with Crippen molar-refractivity contribution in [2.75, 3.05) is 14.1 Å². The maximum atomic E-state index is 12.5. The highest BCUT2D eigenvalue weighted by Gasteiger charge is 2.24. The normalized spacial score (nSPS) is 12.3. The van der Waals surface area contributed by atoms with Gasteiger partial charge in [-0.2, -0.15) is 0 Å². The third-order valence-electron chi connectivity index (χ3n) is 4.92. The van der Waals surface area contributed by atoms with E-state index in [1.165, 1.54) is 11.1 Å². The molecule has 27 heavy (non-hydrogen) atoms. The maximum Gasteiger partial charge on any atom is 0.232 e. The zero-order chi connectivity index (χ0) is 19.6. The molecule has 0 radical (unpaired) electrons. The van der Waals surface area contributed by atoms with Crippen LogP contribution in [-0.2, 0) is 22.9 Å². The van der Waals surface area contributed by atoms with E-state index >= 15 is 0 Å². The molecule has 3 rings (SSSR count). The average molecular weight is 365 g/mol. The topological polar surface area (TPSA) is 47.4 Å². The Morgan fingerprint density at radius 2 is 1.81 bits per heavy atom. The SMILES string of the molecule is Cc1cc2nc(C(C)C(=O)N(C)C)n(COCc3ccccc3)c2cc1C. The molecule has 0 bridgehead atoms. The average Bonchev–Trinajstić information content (AvgIpc) is 2.99. The highest BCUT2D eigenvalue weighted by molar-refractivity contribution is 5.84. The van der Waals surface area contributed by atoms with Crippen molar-refractivity contribution in [2.24, 2.45) is 0 Å². The van der Waals surface area contributed by atoms with Crippen molar-refractivity contribution in [3.05, 3.63) is 65.0 Å². The minimum absolute atomic E-state index is 0.0306. The van der Waals surface area contributed by atoms with Crippen molar-refractivity contribution in [2.45, 2.75) is 40.0 Å². The van der Waals surface area contributed by atoms with Gasteiger partial charge in [0, 0.05) is 14.1 Å². The molecule has 1 atom stereocenters. The lowest BCUT2D eigenvalue weighted by atomic mass is 10.1. The summed E-state index contributed by atoms with van der Waals surface area (Å²) < 4.78 is 8.00. The zero-order valence-electron chi connectivity index (χ0n) is 16.7. The Kier molecular flexibility index (Phi) is 5.61. The molecule has 1 heterocycles. The fourth-order valence-electron chi connectivity index (χ4n) is 3.19. The monoisotopic (exact) mass is 365 g/mol. The van der Waals surface area contributed by atoms with Crippen LogP contribution in [0.25, 0.3) is 11.0 Å². The Hall–Kier alpha value is -2.66. The fraction of sp³-hybridized carbons (Fsp3) is 0.364. The molecule has 142 valence electrons. The van der Waals surface area contributed by atoms with Crippen LogP contribution in [-0.4, -0.2) is 34.5 Å². The second-order valence-electron chi connectivity index (χ2n) is 7.24. The summed E-state index contributed by atoms with van der Waals surface area (Å²) in [5.41, 5.74) is 5.41. The lowest BCUT2D eigenvalue weighted by molar-refractivity contribution is -0.130. The molecule has 0 fully saturated rings. The molecule has 0 spiro atoms. The summed E-state index contributed by atoms with van der Waals surface area (Å²) in [6.45, 7) is 6.94. The number of hydrogen-bond donors (Lipinski definition) is 0. The molecule has 0 saturated heterocycles. The number of amides is 1. The standard InChI is InChI=1S/C22H27N3O2/c1-15-11-19-20(12-16(15)2)25(14-27-13-18-9-7-6-8-10-18)21(23-19)17(3)22(26)24(4)5/h6-12,17H,13-14H2,1-5H3. The van der Waals surface area contributed by atoms with E-state index in [1.807, 2.05) is 41.8 Å². The quantitative estimate of drug-likeness (QED) is 0.663. The Bertz CT molecular complexity index is 945. The Morgan fingerprint density at radius 1 is 1.15 bits per heavy atom. The molecule has 0 aliphatic rings. The Morgan fingerprint density at radius 3 is 2.48 bits per heavy atom. The van der Waals surface area contributed by atoms with Crippen molar-refractivity contribution < 1.29 is 9.53 Å². The maximum absolute atomic E-state index is 12.5. The van der Waals surface area contributed by atoms with Crippen LogP contribution in [0.2, 0.25) is 0 Å². The lowest BCUT2D eigenvalue weighted by Gasteiger charge is -2.18.